The summed E-state index contributed by atoms with van der Waals surface area (Å²) in [5.41, 5.74) is 0. The number of aliphatic hydroxyl groups excluding tert-OH is 1. The summed E-state index contributed by atoms with van der Waals surface area (Å²) in [7, 11) is 0. The van der Waals surface area contributed by atoms with Gasteiger partial charge in [0.25, 0.3) is 0 Å². The van der Waals surface area contributed by atoms with E-state index < -0.39 is 0 Å². The molecule has 1 aliphatic heterocycles. The molecule has 3 nitrogen and oxygen atoms in total. The first-order valence-electron chi connectivity index (χ1n) is 8.83. The van der Waals surface area contributed by atoms with E-state index in [-0.39, 0.29) is 0 Å². The summed E-state index contributed by atoms with van der Waals surface area (Å²) in [4.78, 5) is 2.76. The lowest BCUT2D eigenvalue weighted by Crippen LogP contribution is -2.55. The highest BCUT2D eigenvalue weighted by Gasteiger charge is 2.36. The number of hydrogen-bond acceptors (Lipinski definition) is 3. The van der Waals surface area contributed by atoms with Gasteiger partial charge in [-0.05, 0) is 69.2 Å². The van der Waals surface area contributed by atoms with Gasteiger partial charge in [0.2, 0.25) is 0 Å². The van der Waals surface area contributed by atoms with Gasteiger partial charge in [0.1, 0.15) is 0 Å². The van der Waals surface area contributed by atoms with Crippen LogP contribution in [0.5, 0.6) is 0 Å². The van der Waals surface area contributed by atoms with Crippen molar-refractivity contribution in [2.45, 2.75) is 64.0 Å². The molecule has 3 aliphatic rings. The van der Waals surface area contributed by atoms with Crippen molar-refractivity contribution in [1.82, 2.24) is 10.2 Å². The number of nitrogens with one attached hydrogen (secondary N) is 1. The van der Waals surface area contributed by atoms with E-state index in [1.54, 1.807) is 0 Å². The fourth-order valence-corrected chi connectivity index (χ4v) is 4.09. The van der Waals surface area contributed by atoms with Crippen LogP contribution in [0.4, 0.5) is 0 Å². The Bertz CT molecular complexity index is 299. The van der Waals surface area contributed by atoms with Crippen LogP contribution >= 0.6 is 0 Å². The molecule has 2 unspecified atom stereocenters. The maximum Gasteiger partial charge on any atom is 0.0431 e. The molecule has 0 spiro atoms. The van der Waals surface area contributed by atoms with Crippen molar-refractivity contribution >= 4 is 0 Å². The summed E-state index contributed by atoms with van der Waals surface area (Å²) >= 11 is 0. The Labute approximate surface area is 124 Å². The highest BCUT2D eigenvalue weighted by molar-refractivity contribution is 4.92. The summed E-state index contributed by atoms with van der Waals surface area (Å²) in [6.45, 7) is 6.52. The summed E-state index contributed by atoms with van der Waals surface area (Å²) in [5.74, 6) is 2.71. The minimum Gasteiger partial charge on any atom is -0.396 e. The van der Waals surface area contributed by atoms with Crippen LogP contribution in [0.1, 0.15) is 51.9 Å². The van der Waals surface area contributed by atoms with Crippen LogP contribution in [-0.4, -0.2) is 48.3 Å². The van der Waals surface area contributed by atoms with Crippen molar-refractivity contribution in [2.75, 3.05) is 26.2 Å². The van der Waals surface area contributed by atoms with Crippen molar-refractivity contribution in [3.63, 3.8) is 0 Å². The Morgan fingerprint density at radius 2 is 1.90 bits per heavy atom. The Balaban J connectivity index is 1.49. The second-order valence-corrected chi connectivity index (χ2v) is 7.70. The lowest BCUT2D eigenvalue weighted by Gasteiger charge is -2.48. The molecular formula is C17H32N2O. The number of rotatable bonds is 7. The van der Waals surface area contributed by atoms with Crippen LogP contribution in [0.25, 0.3) is 0 Å². The van der Waals surface area contributed by atoms with Crippen LogP contribution in [0.2, 0.25) is 0 Å². The predicted octanol–water partition coefficient (Wildman–Crippen LogP) is 2.25. The zero-order valence-corrected chi connectivity index (χ0v) is 13.1. The van der Waals surface area contributed by atoms with Crippen molar-refractivity contribution < 1.29 is 5.11 Å². The fraction of sp³-hybridized carbons (Fsp3) is 1.00. The van der Waals surface area contributed by atoms with Crippen LogP contribution in [0.3, 0.4) is 0 Å². The molecule has 0 aromatic rings. The average molecular weight is 280 g/mol. The van der Waals surface area contributed by atoms with Crippen LogP contribution in [-0.2, 0) is 0 Å². The zero-order valence-electron chi connectivity index (χ0n) is 13.1. The summed E-state index contributed by atoms with van der Waals surface area (Å²) in [5, 5.41) is 12.9. The molecule has 2 atom stereocenters. The van der Waals surface area contributed by atoms with Gasteiger partial charge < -0.3 is 10.4 Å². The first kappa shape index (κ1) is 14.8. The van der Waals surface area contributed by atoms with E-state index >= 15 is 0 Å². The molecule has 3 heteroatoms. The number of piperidine rings is 1. The third-order valence-electron chi connectivity index (χ3n) is 5.59. The lowest BCUT2D eigenvalue weighted by molar-refractivity contribution is 0.0305. The third kappa shape index (κ3) is 3.96. The molecule has 0 bridgehead atoms. The van der Waals surface area contributed by atoms with Crippen LogP contribution in [0.15, 0.2) is 0 Å². The standard InChI is InChI=1S/C17H32N2O/c1-13-7-17(8-13)19-11-15(3-2-6-20)9-16(12-19)18-10-14-4-5-14/h13-18,20H,2-12H2,1H3. The second-order valence-electron chi connectivity index (χ2n) is 7.70. The van der Waals surface area contributed by atoms with Gasteiger partial charge in [-0.25, -0.2) is 0 Å². The molecular weight excluding hydrogens is 248 g/mol. The topological polar surface area (TPSA) is 35.5 Å². The number of aliphatic hydroxyl groups is 1. The quantitative estimate of drug-likeness (QED) is 0.751. The largest absolute Gasteiger partial charge is 0.396 e. The molecule has 2 N–H and O–H groups in total. The molecule has 0 aromatic heterocycles. The van der Waals surface area contributed by atoms with E-state index in [9.17, 15) is 0 Å². The zero-order chi connectivity index (χ0) is 13.9. The highest BCUT2D eigenvalue weighted by Crippen LogP contribution is 2.35. The Kier molecular flexibility index (Phi) is 5.00. The molecule has 116 valence electrons. The highest BCUT2D eigenvalue weighted by atomic mass is 16.2. The average Bonchev–Trinajstić information content (AvgIpc) is 3.23. The van der Waals surface area contributed by atoms with Crippen LogP contribution in [0, 0.1) is 17.8 Å². The first-order chi connectivity index (χ1) is 9.74. The van der Waals surface area contributed by atoms with Crippen molar-refractivity contribution in [2.24, 2.45) is 17.8 Å². The van der Waals surface area contributed by atoms with E-state index in [0.29, 0.717) is 12.6 Å². The van der Waals surface area contributed by atoms with Gasteiger partial charge >= 0.3 is 0 Å². The molecule has 3 rings (SSSR count). The van der Waals surface area contributed by atoms with Crippen LogP contribution < -0.4 is 5.32 Å². The van der Waals surface area contributed by atoms with Crippen molar-refractivity contribution in [3.05, 3.63) is 0 Å². The molecule has 0 amide bonds. The van der Waals surface area contributed by atoms with Crippen molar-refractivity contribution in [1.29, 1.82) is 0 Å². The molecule has 20 heavy (non-hydrogen) atoms. The van der Waals surface area contributed by atoms with E-state index in [4.69, 9.17) is 5.11 Å². The molecule has 2 aliphatic carbocycles. The molecule has 2 saturated carbocycles. The van der Waals surface area contributed by atoms with Gasteiger partial charge in [0.05, 0.1) is 0 Å². The van der Waals surface area contributed by atoms with Gasteiger partial charge in [-0.3, -0.25) is 4.90 Å². The number of likely N-dealkylation sites (tertiary alicyclic amines) is 1. The minimum absolute atomic E-state index is 0.358. The molecule has 1 heterocycles. The monoisotopic (exact) mass is 280 g/mol. The maximum absolute atomic E-state index is 9.09. The first-order valence-corrected chi connectivity index (χ1v) is 8.83. The minimum atomic E-state index is 0.358. The summed E-state index contributed by atoms with van der Waals surface area (Å²) in [6.07, 6.45) is 9.20. The Morgan fingerprint density at radius 3 is 2.55 bits per heavy atom. The van der Waals surface area contributed by atoms with Gasteiger partial charge in [0, 0.05) is 31.8 Å². The van der Waals surface area contributed by atoms with Gasteiger partial charge in [-0.15, -0.1) is 0 Å². The Morgan fingerprint density at radius 1 is 1.10 bits per heavy atom. The number of nitrogens with zero attached hydrogens (tertiary/aromatic N) is 1. The molecule has 1 saturated heterocycles. The predicted molar refractivity (Wildman–Crippen MR) is 82.7 cm³/mol. The van der Waals surface area contributed by atoms with E-state index in [1.807, 2.05) is 0 Å². The Hall–Kier alpha value is -0.120. The molecule has 3 fully saturated rings. The number of hydrogen-bond donors (Lipinski definition) is 2. The van der Waals surface area contributed by atoms with E-state index in [1.165, 1.54) is 58.2 Å². The molecule has 0 aromatic carbocycles. The fourth-order valence-electron chi connectivity index (χ4n) is 4.09. The van der Waals surface area contributed by atoms with Gasteiger partial charge in [0.15, 0.2) is 0 Å². The van der Waals surface area contributed by atoms with E-state index in [0.717, 1.165) is 30.2 Å². The maximum atomic E-state index is 9.09. The second kappa shape index (κ2) is 6.76. The normalized spacial score (nSPS) is 38.7. The lowest BCUT2D eigenvalue weighted by atomic mass is 9.78. The van der Waals surface area contributed by atoms with Gasteiger partial charge in [-0.1, -0.05) is 6.92 Å². The van der Waals surface area contributed by atoms with Gasteiger partial charge in [-0.2, -0.15) is 0 Å². The van der Waals surface area contributed by atoms with E-state index in [2.05, 4.69) is 17.1 Å². The smallest absolute Gasteiger partial charge is 0.0431 e. The molecule has 0 radical (unpaired) electrons. The van der Waals surface area contributed by atoms with Crippen molar-refractivity contribution in [3.8, 4) is 0 Å². The SMILES string of the molecule is CC1CC(N2CC(CCCO)CC(NCC3CC3)C2)C1. The summed E-state index contributed by atoms with van der Waals surface area (Å²) < 4.78 is 0. The summed E-state index contributed by atoms with van der Waals surface area (Å²) in [6, 6.07) is 1.55. The third-order valence-corrected chi connectivity index (χ3v) is 5.59.